The molecular weight excluding hydrogens is 232 g/mol. The van der Waals surface area contributed by atoms with Crippen molar-refractivity contribution in [2.75, 3.05) is 17.3 Å². The average Bonchev–Trinajstić information content (AvgIpc) is 2.38. The molecule has 1 rings (SSSR count). The standard InChI is InChI=1S/C11H20N6O/c1-4-5-13-11(18)8(3)16-9-7(2)10(17-12)15-6-14-9/h6,8H,4-5,12H2,1-3H3,(H,13,18)(H2,14,15,16,17). The molecule has 1 amide bonds. The quantitative estimate of drug-likeness (QED) is 0.431. The number of anilines is 2. The molecular formula is C11H20N6O. The Morgan fingerprint density at radius 3 is 2.72 bits per heavy atom. The van der Waals surface area contributed by atoms with E-state index in [1.165, 1.54) is 6.33 Å². The van der Waals surface area contributed by atoms with E-state index in [4.69, 9.17) is 5.84 Å². The van der Waals surface area contributed by atoms with Gasteiger partial charge in [-0.15, -0.1) is 0 Å². The van der Waals surface area contributed by atoms with E-state index in [1.807, 2.05) is 13.8 Å². The van der Waals surface area contributed by atoms with Crippen LogP contribution in [0.25, 0.3) is 0 Å². The minimum Gasteiger partial charge on any atom is -0.358 e. The maximum absolute atomic E-state index is 11.7. The van der Waals surface area contributed by atoms with E-state index >= 15 is 0 Å². The van der Waals surface area contributed by atoms with Gasteiger partial charge in [-0.1, -0.05) is 6.92 Å². The maximum atomic E-state index is 11.7. The summed E-state index contributed by atoms with van der Waals surface area (Å²) in [6.07, 6.45) is 2.30. The van der Waals surface area contributed by atoms with Crippen LogP contribution < -0.4 is 21.9 Å². The number of nitrogen functional groups attached to an aromatic ring is 1. The molecule has 100 valence electrons. The summed E-state index contributed by atoms with van der Waals surface area (Å²) in [5, 5.41) is 5.85. The van der Waals surface area contributed by atoms with E-state index < -0.39 is 0 Å². The first-order chi connectivity index (χ1) is 8.60. The van der Waals surface area contributed by atoms with Gasteiger partial charge in [0.05, 0.1) is 0 Å². The summed E-state index contributed by atoms with van der Waals surface area (Å²) in [5.74, 6) is 6.40. The summed E-state index contributed by atoms with van der Waals surface area (Å²) in [6, 6.07) is -0.365. The van der Waals surface area contributed by atoms with Gasteiger partial charge in [-0.2, -0.15) is 0 Å². The molecule has 1 unspecified atom stereocenters. The van der Waals surface area contributed by atoms with E-state index in [9.17, 15) is 4.79 Å². The molecule has 0 aliphatic carbocycles. The van der Waals surface area contributed by atoms with Crippen LogP contribution in [0.4, 0.5) is 11.6 Å². The molecule has 7 nitrogen and oxygen atoms in total. The van der Waals surface area contributed by atoms with Crippen LogP contribution in [-0.4, -0.2) is 28.5 Å². The zero-order chi connectivity index (χ0) is 13.5. The Labute approximate surface area is 107 Å². The molecule has 0 bridgehead atoms. The Morgan fingerprint density at radius 1 is 1.44 bits per heavy atom. The summed E-state index contributed by atoms with van der Waals surface area (Å²) >= 11 is 0. The fraction of sp³-hybridized carbons (Fsp3) is 0.545. The van der Waals surface area contributed by atoms with Crippen LogP contribution in [0.2, 0.25) is 0 Å². The molecule has 1 aromatic heterocycles. The number of hydrazine groups is 1. The number of hydrogen-bond donors (Lipinski definition) is 4. The lowest BCUT2D eigenvalue weighted by Crippen LogP contribution is -2.38. The fourth-order valence-electron chi connectivity index (χ4n) is 1.41. The highest BCUT2D eigenvalue weighted by molar-refractivity contribution is 5.84. The van der Waals surface area contributed by atoms with Gasteiger partial charge in [0.1, 0.15) is 24.0 Å². The molecule has 7 heteroatoms. The van der Waals surface area contributed by atoms with Crippen LogP contribution >= 0.6 is 0 Å². The second kappa shape index (κ2) is 6.75. The molecule has 1 heterocycles. The maximum Gasteiger partial charge on any atom is 0.242 e. The van der Waals surface area contributed by atoms with Crippen molar-refractivity contribution in [1.82, 2.24) is 15.3 Å². The minimum atomic E-state index is -0.365. The second-order valence-corrected chi connectivity index (χ2v) is 4.00. The van der Waals surface area contributed by atoms with Gasteiger partial charge in [0.25, 0.3) is 0 Å². The number of carbonyl (C=O) groups excluding carboxylic acids is 1. The number of rotatable bonds is 6. The lowest BCUT2D eigenvalue weighted by molar-refractivity contribution is -0.121. The molecule has 0 spiro atoms. The summed E-state index contributed by atoms with van der Waals surface area (Å²) in [6.45, 7) is 6.28. The highest BCUT2D eigenvalue weighted by Crippen LogP contribution is 2.17. The number of nitrogens with one attached hydrogen (secondary N) is 3. The van der Waals surface area contributed by atoms with Gasteiger partial charge in [-0.3, -0.25) is 4.79 Å². The molecule has 0 radical (unpaired) electrons. The first-order valence-corrected chi connectivity index (χ1v) is 5.92. The third kappa shape index (κ3) is 3.56. The van der Waals surface area contributed by atoms with Crippen molar-refractivity contribution in [3.63, 3.8) is 0 Å². The monoisotopic (exact) mass is 252 g/mol. The molecule has 0 fully saturated rings. The fourth-order valence-corrected chi connectivity index (χ4v) is 1.41. The summed E-state index contributed by atoms with van der Waals surface area (Å²) < 4.78 is 0. The topological polar surface area (TPSA) is 105 Å². The van der Waals surface area contributed by atoms with Gasteiger partial charge in [-0.05, 0) is 20.3 Å². The Bertz CT molecular complexity index is 409. The molecule has 1 aromatic rings. The van der Waals surface area contributed by atoms with Crippen molar-refractivity contribution < 1.29 is 4.79 Å². The number of aromatic nitrogens is 2. The van der Waals surface area contributed by atoms with Crippen LogP contribution in [0.1, 0.15) is 25.8 Å². The highest BCUT2D eigenvalue weighted by Gasteiger charge is 2.14. The van der Waals surface area contributed by atoms with E-state index in [1.54, 1.807) is 6.92 Å². The van der Waals surface area contributed by atoms with Gasteiger partial charge in [0, 0.05) is 12.1 Å². The normalized spacial score (nSPS) is 11.8. The summed E-state index contributed by atoms with van der Waals surface area (Å²) in [7, 11) is 0. The number of carbonyl (C=O) groups is 1. The van der Waals surface area contributed by atoms with Crippen molar-refractivity contribution in [2.24, 2.45) is 5.84 Å². The van der Waals surface area contributed by atoms with Crippen molar-refractivity contribution in [3.8, 4) is 0 Å². The second-order valence-electron chi connectivity index (χ2n) is 4.00. The zero-order valence-electron chi connectivity index (χ0n) is 10.9. The first-order valence-electron chi connectivity index (χ1n) is 5.92. The van der Waals surface area contributed by atoms with Gasteiger partial charge in [0.2, 0.25) is 5.91 Å². The van der Waals surface area contributed by atoms with Crippen LogP contribution in [0.15, 0.2) is 6.33 Å². The van der Waals surface area contributed by atoms with Gasteiger partial charge < -0.3 is 16.1 Å². The van der Waals surface area contributed by atoms with E-state index in [-0.39, 0.29) is 11.9 Å². The van der Waals surface area contributed by atoms with Gasteiger partial charge >= 0.3 is 0 Å². The highest BCUT2D eigenvalue weighted by atomic mass is 16.2. The average molecular weight is 252 g/mol. The molecule has 18 heavy (non-hydrogen) atoms. The van der Waals surface area contributed by atoms with Crippen LogP contribution in [0, 0.1) is 6.92 Å². The SMILES string of the molecule is CCCNC(=O)C(C)Nc1ncnc(NN)c1C. The number of amides is 1. The summed E-state index contributed by atoms with van der Waals surface area (Å²) in [5.41, 5.74) is 3.25. The van der Waals surface area contributed by atoms with Crippen LogP contribution in [-0.2, 0) is 4.79 Å². The largest absolute Gasteiger partial charge is 0.358 e. The van der Waals surface area contributed by atoms with E-state index in [0.717, 1.165) is 12.0 Å². The lowest BCUT2D eigenvalue weighted by atomic mass is 10.2. The van der Waals surface area contributed by atoms with Gasteiger partial charge in [0.15, 0.2) is 0 Å². The Hall–Kier alpha value is -1.89. The molecule has 1 atom stereocenters. The molecule has 0 aromatic carbocycles. The molecule has 0 saturated carbocycles. The third-order valence-corrected chi connectivity index (χ3v) is 2.52. The Morgan fingerprint density at radius 2 is 2.11 bits per heavy atom. The van der Waals surface area contributed by atoms with Crippen molar-refractivity contribution in [1.29, 1.82) is 0 Å². The number of nitrogens with two attached hydrogens (primary N) is 1. The predicted molar refractivity (Wildman–Crippen MR) is 71.0 cm³/mol. The molecule has 0 aliphatic rings. The van der Waals surface area contributed by atoms with Crippen molar-refractivity contribution in [2.45, 2.75) is 33.2 Å². The molecule has 5 N–H and O–H groups in total. The zero-order valence-corrected chi connectivity index (χ0v) is 10.9. The predicted octanol–water partition coefficient (Wildman–Crippen LogP) is 0.397. The van der Waals surface area contributed by atoms with Crippen LogP contribution in [0.5, 0.6) is 0 Å². The Balaban J connectivity index is 2.69. The van der Waals surface area contributed by atoms with E-state index in [0.29, 0.717) is 18.2 Å². The third-order valence-electron chi connectivity index (χ3n) is 2.52. The minimum absolute atomic E-state index is 0.0582. The first kappa shape index (κ1) is 14.2. The molecule has 0 saturated heterocycles. The smallest absolute Gasteiger partial charge is 0.242 e. The van der Waals surface area contributed by atoms with Crippen molar-refractivity contribution >= 4 is 17.5 Å². The van der Waals surface area contributed by atoms with Gasteiger partial charge in [-0.25, -0.2) is 15.8 Å². The molecule has 0 aliphatic heterocycles. The van der Waals surface area contributed by atoms with Crippen molar-refractivity contribution in [3.05, 3.63) is 11.9 Å². The number of hydrogen-bond acceptors (Lipinski definition) is 6. The summed E-state index contributed by atoms with van der Waals surface area (Å²) in [4.78, 5) is 19.8. The lowest BCUT2D eigenvalue weighted by Gasteiger charge is -2.16. The van der Waals surface area contributed by atoms with E-state index in [2.05, 4.69) is 26.0 Å². The Kier molecular flexibility index (Phi) is 5.31. The van der Waals surface area contributed by atoms with Crippen LogP contribution in [0.3, 0.4) is 0 Å². The number of nitrogens with zero attached hydrogens (tertiary/aromatic N) is 2.